The van der Waals surface area contributed by atoms with Gasteiger partial charge in [-0.15, -0.1) is 0 Å². The number of anilines is 1. The number of ether oxygens (including phenoxy) is 1. The topological polar surface area (TPSA) is 105 Å². The minimum atomic E-state index is -4.47. The molecule has 1 aliphatic heterocycles. The molecule has 0 spiro atoms. The van der Waals surface area contributed by atoms with Gasteiger partial charge in [0.1, 0.15) is 10.6 Å². The quantitative estimate of drug-likeness (QED) is 0.343. The maximum atomic E-state index is 13.3. The summed E-state index contributed by atoms with van der Waals surface area (Å²) in [7, 11) is -2.63. The number of hydrogen-bond donors (Lipinski definition) is 1. The van der Waals surface area contributed by atoms with E-state index in [0.717, 1.165) is 12.3 Å². The lowest BCUT2D eigenvalue weighted by Crippen LogP contribution is -2.48. The van der Waals surface area contributed by atoms with E-state index in [1.54, 1.807) is 29.2 Å². The van der Waals surface area contributed by atoms with Crippen molar-refractivity contribution in [1.82, 2.24) is 19.8 Å². The predicted molar refractivity (Wildman–Crippen MR) is 146 cm³/mol. The maximum Gasteiger partial charge on any atom is 0.416 e. The van der Waals surface area contributed by atoms with Crippen LogP contribution in [0.5, 0.6) is 5.75 Å². The molecule has 0 radical (unpaired) electrons. The number of fused-ring (bicyclic) bond motifs is 1. The van der Waals surface area contributed by atoms with Crippen molar-refractivity contribution < 1.29 is 31.1 Å². The fourth-order valence-corrected chi connectivity index (χ4v) is 6.01. The molecule has 0 aliphatic carbocycles. The predicted octanol–water partition coefficient (Wildman–Crippen LogP) is 4.42. The average Bonchev–Trinajstić information content (AvgIpc) is 2.96. The number of nitrogens with zero attached hydrogens (tertiary/aromatic N) is 4. The Hall–Kier alpha value is -4.23. The molecule has 0 bridgehead atoms. The lowest BCUT2D eigenvalue weighted by Gasteiger charge is -2.35. The number of para-hydroxylation sites is 1. The van der Waals surface area contributed by atoms with Crippen molar-refractivity contribution in [3.63, 3.8) is 0 Å². The highest BCUT2D eigenvalue weighted by atomic mass is 32.2. The minimum Gasteiger partial charge on any atom is -0.496 e. The van der Waals surface area contributed by atoms with Gasteiger partial charge in [0.15, 0.2) is 0 Å². The van der Waals surface area contributed by atoms with Crippen LogP contribution in [-0.4, -0.2) is 67.4 Å². The van der Waals surface area contributed by atoms with Crippen molar-refractivity contribution in [3.05, 3.63) is 89.9 Å². The van der Waals surface area contributed by atoms with E-state index in [2.05, 4.69) is 14.7 Å². The smallest absolute Gasteiger partial charge is 0.416 e. The fraction of sp³-hybridized carbons (Fsp3) is 0.250. The molecule has 2 aromatic carbocycles. The molecule has 3 heterocycles. The van der Waals surface area contributed by atoms with Crippen molar-refractivity contribution in [3.8, 4) is 5.75 Å². The van der Waals surface area contributed by atoms with E-state index in [1.807, 2.05) is 4.90 Å². The van der Waals surface area contributed by atoms with Gasteiger partial charge >= 0.3 is 6.18 Å². The molecule has 0 saturated carbocycles. The molecule has 5 rings (SSSR count). The number of amides is 1. The molecule has 1 N–H and O–H groups in total. The van der Waals surface area contributed by atoms with Crippen LogP contribution in [-0.2, 0) is 22.7 Å². The van der Waals surface area contributed by atoms with Gasteiger partial charge in [0.2, 0.25) is 0 Å². The van der Waals surface area contributed by atoms with Crippen molar-refractivity contribution in [2.45, 2.75) is 17.6 Å². The largest absolute Gasteiger partial charge is 0.496 e. The Morgan fingerprint density at radius 1 is 1.02 bits per heavy atom. The lowest BCUT2D eigenvalue weighted by molar-refractivity contribution is -0.138. The number of halogens is 3. The Balaban J connectivity index is 1.27. The van der Waals surface area contributed by atoms with Gasteiger partial charge in [-0.25, -0.2) is 8.42 Å². The van der Waals surface area contributed by atoms with Crippen LogP contribution in [0.15, 0.2) is 78.1 Å². The Morgan fingerprint density at radius 3 is 2.51 bits per heavy atom. The van der Waals surface area contributed by atoms with Crippen LogP contribution in [0.1, 0.15) is 21.5 Å². The van der Waals surface area contributed by atoms with Crippen LogP contribution >= 0.6 is 0 Å². The molecule has 0 atom stereocenters. The SMILES string of the molecule is COc1cc(NS(=O)(=O)c2cccc3cccnc23)ccc1C(=O)N1CCN(Cc2cnccc2C(F)(F)F)CC1. The molecule has 1 aliphatic rings. The van der Waals surface area contributed by atoms with Gasteiger partial charge in [0.05, 0.1) is 29.4 Å². The molecular formula is C28H26F3N5O4S. The third-order valence-electron chi connectivity index (χ3n) is 6.83. The van der Waals surface area contributed by atoms with Crippen molar-refractivity contribution in [2.24, 2.45) is 0 Å². The van der Waals surface area contributed by atoms with Crippen LogP contribution in [0.25, 0.3) is 10.9 Å². The van der Waals surface area contributed by atoms with Gasteiger partial charge in [0, 0.05) is 62.8 Å². The summed E-state index contributed by atoms with van der Waals surface area (Å²) in [6.45, 7) is 1.40. The zero-order valence-electron chi connectivity index (χ0n) is 21.9. The zero-order chi connectivity index (χ0) is 29.2. The lowest BCUT2D eigenvalue weighted by atomic mass is 10.1. The maximum absolute atomic E-state index is 13.3. The molecule has 0 unspecified atom stereocenters. The number of sulfonamides is 1. The van der Waals surface area contributed by atoms with Crippen molar-refractivity contribution in [2.75, 3.05) is 38.0 Å². The Labute approximate surface area is 234 Å². The summed E-state index contributed by atoms with van der Waals surface area (Å²) in [5.74, 6) is -0.148. The Kier molecular flexibility index (Phi) is 7.82. The summed E-state index contributed by atoms with van der Waals surface area (Å²) >= 11 is 0. The number of benzene rings is 2. The van der Waals surface area contributed by atoms with E-state index < -0.39 is 21.8 Å². The first-order valence-electron chi connectivity index (χ1n) is 12.6. The van der Waals surface area contributed by atoms with Crippen LogP contribution < -0.4 is 9.46 Å². The second-order valence-corrected chi connectivity index (χ2v) is 11.1. The number of rotatable bonds is 7. The van der Waals surface area contributed by atoms with Gasteiger partial charge in [-0.1, -0.05) is 18.2 Å². The molecule has 214 valence electrons. The number of aromatic nitrogens is 2. The average molecular weight is 586 g/mol. The summed E-state index contributed by atoms with van der Waals surface area (Å²) in [5.41, 5.74) is 0.135. The number of carbonyl (C=O) groups is 1. The fourth-order valence-electron chi connectivity index (χ4n) is 4.78. The summed E-state index contributed by atoms with van der Waals surface area (Å²) in [4.78, 5) is 24.8. The van der Waals surface area contributed by atoms with E-state index in [-0.39, 0.29) is 39.9 Å². The van der Waals surface area contributed by atoms with E-state index >= 15 is 0 Å². The summed E-state index contributed by atoms with van der Waals surface area (Å²) < 4.78 is 74.3. The third kappa shape index (κ3) is 6.10. The molecule has 2 aromatic heterocycles. The van der Waals surface area contributed by atoms with Crippen LogP contribution in [0.4, 0.5) is 18.9 Å². The summed E-state index contributed by atoms with van der Waals surface area (Å²) in [5, 5.41) is 0.676. The molecule has 1 saturated heterocycles. The number of methoxy groups -OCH3 is 1. The molecular weight excluding hydrogens is 559 g/mol. The number of carbonyl (C=O) groups excluding carboxylic acids is 1. The van der Waals surface area contributed by atoms with Crippen LogP contribution in [0.2, 0.25) is 0 Å². The zero-order valence-corrected chi connectivity index (χ0v) is 22.7. The number of nitrogens with one attached hydrogen (secondary N) is 1. The monoisotopic (exact) mass is 585 g/mol. The third-order valence-corrected chi connectivity index (χ3v) is 8.24. The first-order chi connectivity index (χ1) is 19.6. The molecule has 41 heavy (non-hydrogen) atoms. The first kappa shape index (κ1) is 28.3. The van der Waals surface area contributed by atoms with E-state index in [0.29, 0.717) is 37.1 Å². The number of hydrogen-bond acceptors (Lipinski definition) is 7. The second kappa shape index (κ2) is 11.3. The van der Waals surface area contributed by atoms with Gasteiger partial charge in [-0.05, 0) is 35.9 Å². The van der Waals surface area contributed by atoms with Gasteiger partial charge in [-0.2, -0.15) is 13.2 Å². The standard InChI is InChI=1S/C28H26F3N5O4S/c1-40-24-16-21(34-41(38,39)25-6-2-4-19-5-3-10-33-26(19)25)7-8-22(24)27(37)36-14-12-35(13-15-36)18-20-17-32-11-9-23(20)28(29,30)31/h2-11,16-17,34H,12-15,18H2,1H3. The molecule has 1 amide bonds. The van der Waals surface area contributed by atoms with Crippen LogP contribution in [0, 0.1) is 0 Å². The molecule has 13 heteroatoms. The van der Waals surface area contributed by atoms with Crippen molar-refractivity contribution >= 4 is 32.5 Å². The van der Waals surface area contributed by atoms with Gasteiger partial charge in [0.25, 0.3) is 15.9 Å². The van der Waals surface area contributed by atoms with E-state index in [1.165, 1.54) is 43.8 Å². The summed E-state index contributed by atoms with van der Waals surface area (Å²) in [6, 6.07) is 13.7. The minimum absolute atomic E-state index is 0.0150. The molecule has 4 aromatic rings. The Bertz CT molecular complexity index is 1680. The molecule has 1 fully saturated rings. The normalized spacial score (nSPS) is 14.7. The first-order valence-corrected chi connectivity index (χ1v) is 14.1. The number of piperazine rings is 1. The Morgan fingerprint density at radius 2 is 1.78 bits per heavy atom. The summed E-state index contributed by atoms with van der Waals surface area (Å²) in [6.07, 6.45) is -0.618. The highest BCUT2D eigenvalue weighted by molar-refractivity contribution is 7.93. The van der Waals surface area contributed by atoms with Crippen molar-refractivity contribution in [1.29, 1.82) is 0 Å². The number of pyridine rings is 2. The van der Waals surface area contributed by atoms with E-state index in [9.17, 15) is 26.4 Å². The second-order valence-electron chi connectivity index (χ2n) is 9.45. The highest BCUT2D eigenvalue weighted by Gasteiger charge is 2.34. The highest BCUT2D eigenvalue weighted by Crippen LogP contribution is 2.32. The number of alkyl halides is 3. The van der Waals surface area contributed by atoms with Crippen LogP contribution in [0.3, 0.4) is 0 Å². The van der Waals surface area contributed by atoms with E-state index in [4.69, 9.17) is 4.74 Å². The van der Waals surface area contributed by atoms with Gasteiger partial charge < -0.3 is 9.64 Å². The molecule has 9 nitrogen and oxygen atoms in total. The van der Waals surface area contributed by atoms with Gasteiger partial charge in [-0.3, -0.25) is 24.4 Å².